The lowest BCUT2D eigenvalue weighted by Gasteiger charge is -2.64. The van der Waals surface area contributed by atoms with E-state index in [1.807, 2.05) is 0 Å². The fourth-order valence-corrected chi connectivity index (χ4v) is 4.93. The van der Waals surface area contributed by atoms with Gasteiger partial charge < -0.3 is 4.74 Å². The van der Waals surface area contributed by atoms with Crippen molar-refractivity contribution in [1.29, 1.82) is 0 Å². The minimum absolute atomic E-state index is 0.702. The molecule has 4 bridgehead atoms. The summed E-state index contributed by atoms with van der Waals surface area (Å²) < 4.78 is 5.50. The first kappa shape index (κ1) is 7.28. The Morgan fingerprint density at radius 3 is 1.69 bits per heavy atom. The molecule has 0 unspecified atom stereocenters. The van der Waals surface area contributed by atoms with E-state index < -0.39 is 0 Å². The lowest BCUT2D eigenvalue weighted by atomic mass is 9.44. The fraction of sp³-hybridized carbons (Fsp3) is 1.00. The predicted molar refractivity (Wildman–Crippen MR) is 50.3 cm³/mol. The molecule has 5 fully saturated rings. The van der Waals surface area contributed by atoms with Crippen LogP contribution in [0.3, 0.4) is 0 Å². The van der Waals surface area contributed by atoms with Crippen molar-refractivity contribution in [2.24, 2.45) is 29.1 Å². The Balaban J connectivity index is 1.74. The number of hydrogen-bond acceptors (Lipinski definition) is 1. The monoisotopic (exact) mass is 178 g/mol. The molecular weight excluding hydrogens is 160 g/mol. The standard InChI is InChI=1S/C12H18O/c1-8-2-10-4-9(1)5-11(3-8)12(10)6-13-7-12/h8-11H,1-7H2. The third kappa shape index (κ3) is 0.743. The topological polar surface area (TPSA) is 9.23 Å². The van der Waals surface area contributed by atoms with Crippen LogP contribution >= 0.6 is 0 Å². The number of rotatable bonds is 0. The highest BCUT2D eigenvalue weighted by Crippen LogP contribution is 2.64. The van der Waals surface area contributed by atoms with E-state index in [4.69, 9.17) is 4.74 Å². The second kappa shape index (κ2) is 2.13. The second-order valence-corrected chi connectivity index (χ2v) is 6.03. The van der Waals surface area contributed by atoms with Crippen molar-refractivity contribution in [3.05, 3.63) is 0 Å². The van der Waals surface area contributed by atoms with Crippen LogP contribution in [0.1, 0.15) is 32.1 Å². The minimum atomic E-state index is 0.702. The highest BCUT2D eigenvalue weighted by atomic mass is 16.5. The molecule has 5 rings (SSSR count). The van der Waals surface area contributed by atoms with Crippen LogP contribution in [0.5, 0.6) is 0 Å². The van der Waals surface area contributed by atoms with Gasteiger partial charge in [0, 0.05) is 5.41 Å². The first-order valence-corrected chi connectivity index (χ1v) is 5.94. The van der Waals surface area contributed by atoms with E-state index in [1.165, 1.54) is 0 Å². The molecule has 4 aliphatic carbocycles. The highest BCUT2D eigenvalue weighted by Gasteiger charge is 2.60. The summed E-state index contributed by atoms with van der Waals surface area (Å²) in [7, 11) is 0. The second-order valence-electron chi connectivity index (χ2n) is 6.03. The maximum Gasteiger partial charge on any atom is 0.0550 e. The third-order valence-electron chi connectivity index (χ3n) is 5.51. The Bertz CT molecular complexity index is 212. The molecule has 1 heterocycles. The van der Waals surface area contributed by atoms with E-state index in [2.05, 4.69) is 0 Å². The van der Waals surface area contributed by atoms with Crippen molar-refractivity contribution >= 4 is 0 Å². The van der Waals surface area contributed by atoms with E-state index in [1.54, 1.807) is 32.1 Å². The SMILES string of the molecule is C1C2CC3CC1CC(C2)C31COC1. The van der Waals surface area contributed by atoms with Crippen molar-refractivity contribution in [2.75, 3.05) is 13.2 Å². The highest BCUT2D eigenvalue weighted by molar-refractivity contribution is 5.08. The molecule has 1 spiro atoms. The molecular formula is C12H18O. The molecule has 1 aliphatic heterocycles. The molecule has 5 aliphatic rings. The van der Waals surface area contributed by atoms with Gasteiger partial charge in [-0.1, -0.05) is 0 Å². The Morgan fingerprint density at radius 1 is 0.769 bits per heavy atom. The summed E-state index contributed by atoms with van der Waals surface area (Å²) in [6.07, 6.45) is 7.78. The summed E-state index contributed by atoms with van der Waals surface area (Å²) in [5.74, 6) is 4.37. The van der Waals surface area contributed by atoms with Crippen molar-refractivity contribution < 1.29 is 4.74 Å². The van der Waals surface area contributed by atoms with Gasteiger partial charge in [0.25, 0.3) is 0 Å². The van der Waals surface area contributed by atoms with E-state index in [0.29, 0.717) is 5.41 Å². The maximum absolute atomic E-state index is 5.50. The van der Waals surface area contributed by atoms with Crippen LogP contribution in [0.2, 0.25) is 0 Å². The van der Waals surface area contributed by atoms with Crippen LogP contribution in [0.15, 0.2) is 0 Å². The molecule has 4 saturated carbocycles. The Hall–Kier alpha value is -0.0400. The largest absolute Gasteiger partial charge is 0.380 e. The van der Waals surface area contributed by atoms with Crippen molar-refractivity contribution in [2.45, 2.75) is 32.1 Å². The van der Waals surface area contributed by atoms with Gasteiger partial charge in [-0.05, 0) is 55.8 Å². The lowest BCUT2D eigenvalue weighted by Crippen LogP contribution is -2.61. The van der Waals surface area contributed by atoms with Crippen LogP contribution in [-0.2, 0) is 4.74 Å². The van der Waals surface area contributed by atoms with E-state index in [0.717, 1.165) is 36.9 Å². The van der Waals surface area contributed by atoms with Crippen LogP contribution in [0.4, 0.5) is 0 Å². The smallest absolute Gasteiger partial charge is 0.0550 e. The van der Waals surface area contributed by atoms with E-state index in [-0.39, 0.29) is 0 Å². The van der Waals surface area contributed by atoms with Gasteiger partial charge in [0.2, 0.25) is 0 Å². The van der Waals surface area contributed by atoms with Crippen LogP contribution in [0, 0.1) is 29.1 Å². The lowest BCUT2D eigenvalue weighted by molar-refractivity contribution is -0.239. The van der Waals surface area contributed by atoms with Crippen molar-refractivity contribution in [3.8, 4) is 0 Å². The molecule has 0 aromatic carbocycles. The molecule has 0 amide bonds. The van der Waals surface area contributed by atoms with Crippen LogP contribution < -0.4 is 0 Å². The van der Waals surface area contributed by atoms with Gasteiger partial charge in [0.15, 0.2) is 0 Å². The van der Waals surface area contributed by atoms with Crippen LogP contribution in [-0.4, -0.2) is 13.2 Å². The zero-order chi connectivity index (χ0) is 8.47. The maximum atomic E-state index is 5.50. The molecule has 72 valence electrons. The first-order valence-electron chi connectivity index (χ1n) is 5.94. The summed E-state index contributed by atoms with van der Waals surface area (Å²) in [6, 6.07) is 0. The van der Waals surface area contributed by atoms with E-state index >= 15 is 0 Å². The predicted octanol–water partition coefficient (Wildman–Crippen LogP) is 2.46. The molecule has 1 heteroatoms. The molecule has 13 heavy (non-hydrogen) atoms. The van der Waals surface area contributed by atoms with Gasteiger partial charge in [-0.25, -0.2) is 0 Å². The van der Waals surface area contributed by atoms with Crippen molar-refractivity contribution in [3.63, 3.8) is 0 Å². The first-order chi connectivity index (χ1) is 6.37. The Labute approximate surface area is 79.8 Å². The summed E-state index contributed by atoms with van der Waals surface area (Å²) in [4.78, 5) is 0. The Morgan fingerprint density at radius 2 is 1.31 bits per heavy atom. The van der Waals surface area contributed by atoms with Gasteiger partial charge in [-0.3, -0.25) is 0 Å². The molecule has 0 aromatic heterocycles. The van der Waals surface area contributed by atoms with E-state index in [9.17, 15) is 0 Å². The van der Waals surface area contributed by atoms with Crippen molar-refractivity contribution in [1.82, 2.24) is 0 Å². The summed E-state index contributed by atoms with van der Waals surface area (Å²) in [5.41, 5.74) is 0.702. The molecule has 1 saturated heterocycles. The fourth-order valence-electron chi connectivity index (χ4n) is 4.93. The molecule has 0 aromatic rings. The van der Waals surface area contributed by atoms with Gasteiger partial charge >= 0.3 is 0 Å². The summed E-state index contributed by atoms with van der Waals surface area (Å²) >= 11 is 0. The third-order valence-corrected chi connectivity index (χ3v) is 5.51. The van der Waals surface area contributed by atoms with Gasteiger partial charge in [-0.2, -0.15) is 0 Å². The summed E-state index contributed by atoms with van der Waals surface area (Å²) in [6.45, 7) is 2.23. The normalized spacial score (nSPS) is 55.4. The Kier molecular flexibility index (Phi) is 1.19. The minimum Gasteiger partial charge on any atom is -0.380 e. The summed E-state index contributed by atoms with van der Waals surface area (Å²) in [5, 5.41) is 0. The molecule has 0 N–H and O–H groups in total. The molecule has 1 nitrogen and oxygen atoms in total. The van der Waals surface area contributed by atoms with Crippen LogP contribution in [0.25, 0.3) is 0 Å². The average Bonchev–Trinajstić information content (AvgIpc) is 1.98. The zero-order valence-corrected chi connectivity index (χ0v) is 8.17. The average molecular weight is 178 g/mol. The quantitative estimate of drug-likeness (QED) is 0.553. The molecule has 0 atom stereocenters. The number of hydrogen-bond donors (Lipinski definition) is 0. The zero-order valence-electron chi connectivity index (χ0n) is 8.17. The van der Waals surface area contributed by atoms with Gasteiger partial charge in [0.1, 0.15) is 0 Å². The molecule has 0 radical (unpaired) electrons. The van der Waals surface area contributed by atoms with Gasteiger partial charge in [0.05, 0.1) is 13.2 Å². The van der Waals surface area contributed by atoms with Gasteiger partial charge in [-0.15, -0.1) is 0 Å². The number of ether oxygens (including phenoxy) is 1.